The highest BCUT2D eigenvalue weighted by Gasteiger charge is 2.29. The summed E-state index contributed by atoms with van der Waals surface area (Å²) in [6, 6.07) is 0.192. The van der Waals surface area contributed by atoms with Crippen molar-refractivity contribution in [2.45, 2.75) is 46.1 Å². The molecule has 0 aromatic rings. The molecule has 4 nitrogen and oxygen atoms in total. The van der Waals surface area contributed by atoms with Crippen LogP contribution in [0.5, 0.6) is 0 Å². The number of nitrogens with zero attached hydrogens (tertiary/aromatic N) is 1. The van der Waals surface area contributed by atoms with Gasteiger partial charge in [0.05, 0.1) is 0 Å². The fraction of sp³-hybridized carbons (Fsp3) is 0.929. The van der Waals surface area contributed by atoms with E-state index in [1.54, 1.807) is 0 Å². The first-order chi connectivity index (χ1) is 8.58. The van der Waals surface area contributed by atoms with Crippen molar-refractivity contribution in [3.8, 4) is 0 Å². The Morgan fingerprint density at radius 3 is 2.56 bits per heavy atom. The molecular formula is C14H29N3O. The molecule has 1 aliphatic carbocycles. The van der Waals surface area contributed by atoms with E-state index in [0.29, 0.717) is 5.92 Å². The molecule has 1 saturated carbocycles. The zero-order chi connectivity index (χ0) is 13.5. The van der Waals surface area contributed by atoms with E-state index in [2.05, 4.69) is 31.0 Å². The SMILES string of the molecule is CCN(CC)CCNC(=O)C1CCC(C)C(N)C1. The van der Waals surface area contributed by atoms with Gasteiger partial charge < -0.3 is 16.0 Å². The van der Waals surface area contributed by atoms with Crippen LogP contribution < -0.4 is 11.1 Å². The molecule has 0 heterocycles. The zero-order valence-electron chi connectivity index (χ0n) is 12.1. The van der Waals surface area contributed by atoms with Crippen LogP contribution in [0.3, 0.4) is 0 Å². The number of amides is 1. The third-order valence-electron chi connectivity index (χ3n) is 4.25. The van der Waals surface area contributed by atoms with E-state index in [1.807, 2.05) is 0 Å². The molecule has 3 unspecified atom stereocenters. The summed E-state index contributed by atoms with van der Waals surface area (Å²) in [5, 5.41) is 3.05. The Balaban J connectivity index is 2.24. The van der Waals surface area contributed by atoms with Crippen LogP contribution in [-0.4, -0.2) is 43.0 Å². The minimum Gasteiger partial charge on any atom is -0.355 e. The lowest BCUT2D eigenvalue weighted by molar-refractivity contribution is -0.126. The Kier molecular flexibility index (Phi) is 6.65. The van der Waals surface area contributed by atoms with Gasteiger partial charge in [0.1, 0.15) is 0 Å². The van der Waals surface area contributed by atoms with E-state index in [-0.39, 0.29) is 17.9 Å². The molecule has 1 rings (SSSR count). The van der Waals surface area contributed by atoms with Crippen molar-refractivity contribution in [1.29, 1.82) is 0 Å². The summed E-state index contributed by atoms with van der Waals surface area (Å²) in [6.07, 6.45) is 2.92. The second kappa shape index (κ2) is 7.74. The zero-order valence-corrected chi connectivity index (χ0v) is 12.1. The van der Waals surface area contributed by atoms with Gasteiger partial charge in [-0.15, -0.1) is 0 Å². The smallest absolute Gasteiger partial charge is 0.223 e. The van der Waals surface area contributed by atoms with Crippen LogP contribution in [-0.2, 0) is 4.79 Å². The molecule has 1 amide bonds. The maximum Gasteiger partial charge on any atom is 0.223 e. The molecule has 1 aliphatic rings. The van der Waals surface area contributed by atoms with Gasteiger partial charge in [0.25, 0.3) is 0 Å². The van der Waals surface area contributed by atoms with E-state index in [0.717, 1.165) is 45.4 Å². The summed E-state index contributed by atoms with van der Waals surface area (Å²) in [7, 11) is 0. The van der Waals surface area contributed by atoms with Crippen molar-refractivity contribution < 1.29 is 4.79 Å². The Morgan fingerprint density at radius 2 is 2.00 bits per heavy atom. The summed E-state index contributed by atoms with van der Waals surface area (Å²) < 4.78 is 0. The van der Waals surface area contributed by atoms with Crippen molar-refractivity contribution in [2.24, 2.45) is 17.6 Å². The Labute approximate surface area is 111 Å². The van der Waals surface area contributed by atoms with E-state index < -0.39 is 0 Å². The molecule has 3 N–H and O–H groups in total. The molecule has 0 radical (unpaired) electrons. The van der Waals surface area contributed by atoms with Crippen LogP contribution in [0.1, 0.15) is 40.0 Å². The Morgan fingerprint density at radius 1 is 1.33 bits per heavy atom. The molecule has 0 saturated heterocycles. The normalized spacial score (nSPS) is 28.4. The summed E-state index contributed by atoms with van der Waals surface area (Å²) in [5.74, 6) is 0.891. The lowest BCUT2D eigenvalue weighted by atomic mass is 9.79. The van der Waals surface area contributed by atoms with Crippen LogP contribution in [0, 0.1) is 11.8 Å². The second-order valence-electron chi connectivity index (χ2n) is 5.47. The highest BCUT2D eigenvalue weighted by Crippen LogP contribution is 2.27. The van der Waals surface area contributed by atoms with Gasteiger partial charge in [0.2, 0.25) is 5.91 Å². The van der Waals surface area contributed by atoms with E-state index in [1.165, 1.54) is 0 Å². The number of carbonyl (C=O) groups excluding carboxylic acids is 1. The number of hydrogen-bond donors (Lipinski definition) is 2. The van der Waals surface area contributed by atoms with Gasteiger partial charge >= 0.3 is 0 Å². The third kappa shape index (κ3) is 4.58. The van der Waals surface area contributed by atoms with Gasteiger partial charge in [-0.2, -0.15) is 0 Å². The minimum atomic E-state index is 0.132. The lowest BCUT2D eigenvalue weighted by Crippen LogP contribution is -2.43. The maximum atomic E-state index is 12.0. The van der Waals surface area contributed by atoms with Crippen LogP contribution in [0.15, 0.2) is 0 Å². The van der Waals surface area contributed by atoms with Gasteiger partial charge in [0.15, 0.2) is 0 Å². The topological polar surface area (TPSA) is 58.4 Å². The molecule has 0 aromatic carbocycles. The molecule has 4 heteroatoms. The highest BCUT2D eigenvalue weighted by atomic mass is 16.1. The fourth-order valence-corrected chi connectivity index (χ4v) is 2.62. The average Bonchev–Trinajstić information content (AvgIpc) is 2.37. The molecule has 1 fully saturated rings. The van der Waals surface area contributed by atoms with Crippen molar-refractivity contribution in [2.75, 3.05) is 26.2 Å². The first-order valence-electron chi connectivity index (χ1n) is 7.34. The molecule has 106 valence electrons. The van der Waals surface area contributed by atoms with Crippen molar-refractivity contribution in [3.05, 3.63) is 0 Å². The van der Waals surface area contributed by atoms with E-state index >= 15 is 0 Å². The molecule has 3 atom stereocenters. The quantitative estimate of drug-likeness (QED) is 0.750. The van der Waals surface area contributed by atoms with Crippen LogP contribution in [0.4, 0.5) is 0 Å². The standard InChI is InChI=1S/C14H29N3O/c1-4-17(5-2)9-8-16-14(18)12-7-6-11(3)13(15)10-12/h11-13H,4-10,15H2,1-3H3,(H,16,18). The van der Waals surface area contributed by atoms with Crippen LogP contribution in [0.25, 0.3) is 0 Å². The Hall–Kier alpha value is -0.610. The maximum absolute atomic E-state index is 12.0. The third-order valence-corrected chi connectivity index (χ3v) is 4.25. The first kappa shape index (κ1) is 15.4. The number of hydrogen-bond acceptors (Lipinski definition) is 3. The van der Waals surface area contributed by atoms with E-state index in [9.17, 15) is 4.79 Å². The lowest BCUT2D eigenvalue weighted by Gasteiger charge is -2.31. The predicted octanol–water partition coefficient (Wildman–Crippen LogP) is 1.21. The van der Waals surface area contributed by atoms with Gasteiger partial charge in [-0.1, -0.05) is 20.8 Å². The summed E-state index contributed by atoms with van der Waals surface area (Å²) in [6.45, 7) is 10.2. The Bertz CT molecular complexity index is 253. The number of carbonyl (C=O) groups is 1. The molecule has 0 spiro atoms. The van der Waals surface area contributed by atoms with Gasteiger partial charge in [0, 0.05) is 25.0 Å². The molecule has 0 aromatic heterocycles. The first-order valence-corrected chi connectivity index (χ1v) is 7.34. The van der Waals surface area contributed by atoms with Crippen LogP contribution in [0.2, 0.25) is 0 Å². The molecule has 0 bridgehead atoms. The second-order valence-corrected chi connectivity index (χ2v) is 5.47. The number of likely N-dealkylation sites (N-methyl/N-ethyl adjacent to an activating group) is 1. The minimum absolute atomic E-state index is 0.132. The van der Waals surface area contributed by atoms with Gasteiger partial charge in [-0.05, 0) is 38.3 Å². The number of nitrogens with one attached hydrogen (secondary N) is 1. The number of rotatable bonds is 6. The number of nitrogens with two attached hydrogens (primary N) is 1. The van der Waals surface area contributed by atoms with Crippen molar-refractivity contribution in [1.82, 2.24) is 10.2 Å². The predicted molar refractivity (Wildman–Crippen MR) is 75.3 cm³/mol. The van der Waals surface area contributed by atoms with E-state index in [4.69, 9.17) is 5.73 Å². The summed E-state index contributed by atoms with van der Waals surface area (Å²) in [4.78, 5) is 14.3. The molecule has 0 aliphatic heterocycles. The summed E-state index contributed by atoms with van der Waals surface area (Å²) >= 11 is 0. The molecule has 18 heavy (non-hydrogen) atoms. The highest BCUT2D eigenvalue weighted by molar-refractivity contribution is 5.78. The molecular weight excluding hydrogens is 226 g/mol. The fourth-order valence-electron chi connectivity index (χ4n) is 2.62. The average molecular weight is 255 g/mol. The summed E-state index contributed by atoms with van der Waals surface area (Å²) in [5.41, 5.74) is 6.04. The van der Waals surface area contributed by atoms with Gasteiger partial charge in [-0.3, -0.25) is 4.79 Å². The van der Waals surface area contributed by atoms with Crippen molar-refractivity contribution >= 4 is 5.91 Å². The largest absolute Gasteiger partial charge is 0.355 e. The monoisotopic (exact) mass is 255 g/mol. The van der Waals surface area contributed by atoms with Crippen LogP contribution >= 0.6 is 0 Å². The van der Waals surface area contributed by atoms with Gasteiger partial charge in [-0.25, -0.2) is 0 Å². The van der Waals surface area contributed by atoms with Crippen molar-refractivity contribution in [3.63, 3.8) is 0 Å².